The van der Waals surface area contributed by atoms with E-state index in [-0.39, 0.29) is 0 Å². The molecule has 1 radical (unpaired) electrons. The average Bonchev–Trinajstić information content (AvgIpc) is 1.97. The molecule has 0 saturated heterocycles. The molecule has 0 fully saturated rings. The zero-order valence-corrected chi connectivity index (χ0v) is 6.90. The predicted octanol–water partition coefficient (Wildman–Crippen LogP) is 0.762. The van der Waals surface area contributed by atoms with Crippen LogP contribution in [-0.4, -0.2) is 20.5 Å². The zero-order valence-electron chi connectivity index (χ0n) is 6.90. The Bertz CT molecular complexity index is 51.6. The number of hydrogen-bond acceptors (Lipinski definition) is 2. The Balaban J connectivity index is 2.65. The summed E-state index contributed by atoms with van der Waals surface area (Å²) in [5, 5.41) is 3.17. The Hall–Kier alpha value is -0.0151. The van der Waals surface area contributed by atoms with Crippen molar-refractivity contribution in [2.24, 2.45) is 5.73 Å². The number of hydrogen-bond donors (Lipinski definition) is 2. The van der Waals surface area contributed by atoms with Crippen molar-refractivity contribution in [3.05, 3.63) is 0 Å². The zero-order chi connectivity index (χ0) is 7.66. The molecule has 0 aliphatic carbocycles. The summed E-state index contributed by atoms with van der Waals surface area (Å²) in [6.07, 6.45) is 5.03. The minimum absolute atomic E-state index is 0.841. The Morgan fingerprint density at radius 2 is 1.90 bits per heavy atom. The molecule has 0 rings (SSSR count). The van der Waals surface area contributed by atoms with Gasteiger partial charge in [0.15, 0.2) is 0 Å². The molecule has 0 unspecified atom stereocenters. The van der Waals surface area contributed by atoms with E-state index in [1.165, 1.54) is 25.7 Å². The highest BCUT2D eigenvalue weighted by atomic mass is 14.7. The van der Waals surface area contributed by atoms with Crippen molar-refractivity contribution in [3.8, 4) is 0 Å². The van der Waals surface area contributed by atoms with Crippen LogP contribution in [0.25, 0.3) is 0 Å². The van der Waals surface area contributed by atoms with Crippen molar-refractivity contribution in [2.75, 3.05) is 13.1 Å². The lowest BCUT2D eigenvalue weighted by atomic mass is 10.00. The lowest BCUT2D eigenvalue weighted by Crippen LogP contribution is -2.17. The fraction of sp³-hybridized carbons (Fsp3) is 1.00. The number of unbranched alkanes of at least 4 members (excludes halogenated alkanes) is 3. The second kappa shape index (κ2) is 8.98. The van der Waals surface area contributed by atoms with Crippen LogP contribution in [0.3, 0.4) is 0 Å². The van der Waals surface area contributed by atoms with E-state index in [4.69, 9.17) is 5.73 Å². The minimum Gasteiger partial charge on any atom is -0.360 e. The summed E-state index contributed by atoms with van der Waals surface area (Å²) in [7, 11) is 1.99. The largest absolute Gasteiger partial charge is 0.360 e. The molecule has 10 heavy (non-hydrogen) atoms. The van der Waals surface area contributed by atoms with Crippen molar-refractivity contribution >= 4 is 7.41 Å². The summed E-state index contributed by atoms with van der Waals surface area (Å²) in [5.41, 5.74) is 5.35. The van der Waals surface area contributed by atoms with Crippen LogP contribution in [0.2, 0.25) is 6.82 Å². The van der Waals surface area contributed by atoms with Gasteiger partial charge in [0, 0.05) is 0 Å². The molecular formula is C7H18BN2. The third-order valence-corrected chi connectivity index (χ3v) is 1.48. The first-order valence-corrected chi connectivity index (χ1v) is 4.13. The summed E-state index contributed by atoms with van der Waals surface area (Å²) in [5.74, 6) is 0. The monoisotopic (exact) mass is 141 g/mol. The molecule has 0 amide bonds. The van der Waals surface area contributed by atoms with Crippen LogP contribution in [0, 0.1) is 0 Å². The molecular weight excluding hydrogens is 123 g/mol. The lowest BCUT2D eigenvalue weighted by molar-refractivity contribution is 0.641. The van der Waals surface area contributed by atoms with Gasteiger partial charge in [0.25, 0.3) is 0 Å². The average molecular weight is 141 g/mol. The fourth-order valence-corrected chi connectivity index (χ4v) is 0.869. The predicted molar refractivity (Wildman–Crippen MR) is 47.1 cm³/mol. The number of nitrogens with one attached hydrogen (secondary N) is 1. The lowest BCUT2D eigenvalue weighted by Gasteiger charge is -1.99. The Labute approximate surface area is 64.8 Å². The van der Waals surface area contributed by atoms with E-state index >= 15 is 0 Å². The molecule has 0 aliphatic heterocycles. The van der Waals surface area contributed by atoms with E-state index in [1.54, 1.807) is 0 Å². The van der Waals surface area contributed by atoms with Crippen LogP contribution in [0.5, 0.6) is 0 Å². The van der Waals surface area contributed by atoms with Crippen LogP contribution < -0.4 is 11.0 Å². The molecule has 0 aromatic rings. The first kappa shape index (κ1) is 9.98. The topological polar surface area (TPSA) is 38.0 Å². The second-order valence-corrected chi connectivity index (χ2v) is 2.45. The van der Waals surface area contributed by atoms with E-state index in [2.05, 4.69) is 5.23 Å². The van der Waals surface area contributed by atoms with E-state index in [9.17, 15) is 0 Å². The molecule has 0 aromatic carbocycles. The molecule has 2 nitrogen and oxygen atoms in total. The summed E-state index contributed by atoms with van der Waals surface area (Å²) in [4.78, 5) is 0. The highest BCUT2D eigenvalue weighted by Gasteiger charge is 1.87. The van der Waals surface area contributed by atoms with Gasteiger partial charge in [-0.15, -0.1) is 0 Å². The van der Waals surface area contributed by atoms with Gasteiger partial charge in [-0.05, 0) is 25.9 Å². The highest BCUT2D eigenvalue weighted by molar-refractivity contribution is 6.29. The van der Waals surface area contributed by atoms with Crippen LogP contribution in [-0.2, 0) is 0 Å². The third-order valence-electron chi connectivity index (χ3n) is 1.48. The Kier molecular flexibility index (Phi) is 8.97. The molecule has 0 aliphatic rings. The van der Waals surface area contributed by atoms with Crippen LogP contribution in [0.1, 0.15) is 25.7 Å². The minimum atomic E-state index is 0.841. The standard InChI is InChI=1S/C7H18BN2/c1-8-10-7-5-3-2-4-6-9/h10H,2-7,9H2,1H3. The fourth-order valence-electron chi connectivity index (χ4n) is 0.869. The molecule has 3 heteroatoms. The molecule has 0 heterocycles. The normalized spacial score (nSPS) is 9.80. The van der Waals surface area contributed by atoms with Crippen LogP contribution in [0.15, 0.2) is 0 Å². The Morgan fingerprint density at radius 1 is 1.20 bits per heavy atom. The van der Waals surface area contributed by atoms with Gasteiger partial charge >= 0.3 is 0 Å². The summed E-state index contributed by atoms with van der Waals surface area (Å²) in [6, 6.07) is 0. The van der Waals surface area contributed by atoms with Gasteiger partial charge in [0.2, 0.25) is 7.41 Å². The second-order valence-electron chi connectivity index (χ2n) is 2.45. The molecule has 0 saturated carbocycles. The van der Waals surface area contributed by atoms with Gasteiger partial charge in [0.05, 0.1) is 0 Å². The van der Waals surface area contributed by atoms with Gasteiger partial charge in [-0.1, -0.05) is 19.7 Å². The molecule has 0 spiro atoms. The van der Waals surface area contributed by atoms with Gasteiger partial charge in [-0.3, -0.25) is 0 Å². The molecule has 0 atom stereocenters. The third kappa shape index (κ3) is 7.98. The summed E-state index contributed by atoms with van der Waals surface area (Å²) in [6.45, 7) is 3.97. The SMILES string of the molecule is C[B]NCCCCCCN. The maximum absolute atomic E-state index is 5.35. The summed E-state index contributed by atoms with van der Waals surface area (Å²) >= 11 is 0. The van der Waals surface area contributed by atoms with Gasteiger partial charge in [-0.25, -0.2) is 0 Å². The van der Waals surface area contributed by atoms with E-state index in [1.807, 2.05) is 14.2 Å². The van der Waals surface area contributed by atoms with Gasteiger partial charge < -0.3 is 11.0 Å². The van der Waals surface area contributed by atoms with Gasteiger partial charge in [0.1, 0.15) is 0 Å². The van der Waals surface area contributed by atoms with Crippen LogP contribution >= 0.6 is 0 Å². The molecule has 0 aromatic heterocycles. The van der Waals surface area contributed by atoms with E-state index in [0.717, 1.165) is 13.1 Å². The van der Waals surface area contributed by atoms with Crippen molar-refractivity contribution < 1.29 is 0 Å². The number of nitrogens with two attached hydrogens (primary N) is 1. The first-order chi connectivity index (χ1) is 4.91. The van der Waals surface area contributed by atoms with Crippen molar-refractivity contribution in [1.82, 2.24) is 5.23 Å². The van der Waals surface area contributed by atoms with Crippen molar-refractivity contribution in [1.29, 1.82) is 0 Å². The maximum Gasteiger partial charge on any atom is 0.201 e. The van der Waals surface area contributed by atoms with Crippen LogP contribution in [0.4, 0.5) is 0 Å². The van der Waals surface area contributed by atoms with Crippen molar-refractivity contribution in [3.63, 3.8) is 0 Å². The van der Waals surface area contributed by atoms with Crippen molar-refractivity contribution in [2.45, 2.75) is 32.5 Å². The molecule has 0 bridgehead atoms. The maximum atomic E-state index is 5.35. The Morgan fingerprint density at radius 3 is 2.50 bits per heavy atom. The summed E-state index contributed by atoms with van der Waals surface area (Å²) < 4.78 is 0. The smallest absolute Gasteiger partial charge is 0.201 e. The molecule has 3 N–H and O–H groups in total. The first-order valence-electron chi connectivity index (χ1n) is 4.13. The van der Waals surface area contributed by atoms with E-state index in [0.29, 0.717) is 0 Å². The van der Waals surface area contributed by atoms with E-state index < -0.39 is 0 Å². The number of rotatable bonds is 7. The van der Waals surface area contributed by atoms with Gasteiger partial charge in [-0.2, -0.15) is 0 Å². The molecule has 59 valence electrons. The highest BCUT2D eigenvalue weighted by Crippen LogP contribution is 1.96. The quantitative estimate of drug-likeness (QED) is 0.405.